The lowest BCUT2D eigenvalue weighted by molar-refractivity contribution is -0.115. The Bertz CT molecular complexity index is 747. The zero-order valence-corrected chi connectivity index (χ0v) is 16.1. The number of nitrogens with one attached hydrogen (secondary N) is 2. The minimum absolute atomic E-state index is 0.129. The van der Waals surface area contributed by atoms with Crippen LogP contribution in [0.3, 0.4) is 0 Å². The van der Waals surface area contributed by atoms with Crippen LogP contribution in [0.1, 0.15) is 19.4 Å². The van der Waals surface area contributed by atoms with Crippen LogP contribution in [0, 0.1) is 0 Å². The van der Waals surface area contributed by atoms with Gasteiger partial charge in [-0.1, -0.05) is 31.2 Å². The van der Waals surface area contributed by atoms with Crippen molar-refractivity contribution < 1.29 is 14.3 Å². The molecule has 0 saturated carbocycles. The number of rotatable bonds is 8. The third-order valence-electron chi connectivity index (χ3n) is 3.84. The van der Waals surface area contributed by atoms with Crippen molar-refractivity contribution in [2.45, 2.75) is 25.5 Å². The monoisotopic (exact) mass is 372 g/mol. The number of anilines is 2. The number of carbonyl (C=O) groups is 2. The molecule has 0 aliphatic carbocycles. The van der Waals surface area contributed by atoms with Gasteiger partial charge in [-0.15, -0.1) is 11.8 Å². The van der Waals surface area contributed by atoms with Crippen LogP contribution in [0.15, 0.2) is 48.5 Å². The van der Waals surface area contributed by atoms with Gasteiger partial charge in [0, 0.05) is 5.69 Å². The van der Waals surface area contributed by atoms with Gasteiger partial charge in [0.15, 0.2) is 0 Å². The van der Waals surface area contributed by atoms with E-state index in [9.17, 15) is 9.59 Å². The van der Waals surface area contributed by atoms with E-state index in [-0.39, 0.29) is 22.8 Å². The van der Waals surface area contributed by atoms with Gasteiger partial charge in [0.05, 0.1) is 23.8 Å². The van der Waals surface area contributed by atoms with Gasteiger partial charge >= 0.3 is 0 Å². The van der Waals surface area contributed by atoms with Gasteiger partial charge in [-0.25, -0.2) is 0 Å². The van der Waals surface area contributed by atoms with Gasteiger partial charge in [-0.3, -0.25) is 9.59 Å². The van der Waals surface area contributed by atoms with Crippen molar-refractivity contribution in [1.29, 1.82) is 0 Å². The first-order chi connectivity index (χ1) is 12.5. The van der Waals surface area contributed by atoms with Crippen LogP contribution in [0.25, 0.3) is 0 Å². The first-order valence-corrected chi connectivity index (χ1v) is 9.52. The maximum atomic E-state index is 12.3. The molecule has 2 N–H and O–H groups in total. The van der Waals surface area contributed by atoms with Crippen LogP contribution in [0.4, 0.5) is 11.4 Å². The third kappa shape index (κ3) is 5.81. The van der Waals surface area contributed by atoms with Crippen LogP contribution in [0.5, 0.6) is 5.75 Å². The Kier molecular flexibility index (Phi) is 7.53. The molecule has 5 nitrogen and oxygen atoms in total. The highest BCUT2D eigenvalue weighted by Gasteiger charge is 2.17. The standard InChI is InChI=1S/C20H24N2O3S/c1-4-15-9-11-16(12-10-15)21-19(23)13-26-14(2)20(24)22-17-7-5-6-8-18(17)25-3/h5-12,14H,4,13H2,1-3H3,(H,21,23)(H,22,24)/t14-/m0/s1. The minimum Gasteiger partial charge on any atom is -0.495 e. The summed E-state index contributed by atoms with van der Waals surface area (Å²) in [5.74, 6) is 0.512. The lowest BCUT2D eigenvalue weighted by Crippen LogP contribution is -2.25. The molecule has 0 aromatic heterocycles. The average Bonchev–Trinajstić information content (AvgIpc) is 2.67. The van der Waals surface area contributed by atoms with E-state index in [4.69, 9.17) is 4.74 Å². The Hall–Kier alpha value is -2.47. The number of benzene rings is 2. The van der Waals surface area contributed by atoms with Gasteiger partial charge < -0.3 is 15.4 Å². The third-order valence-corrected chi connectivity index (χ3v) is 4.99. The van der Waals surface area contributed by atoms with E-state index in [0.717, 1.165) is 12.1 Å². The molecule has 2 aromatic carbocycles. The first kappa shape index (κ1) is 19.8. The molecule has 0 spiro atoms. The van der Waals surface area contributed by atoms with Crippen molar-refractivity contribution in [3.8, 4) is 5.75 Å². The summed E-state index contributed by atoms with van der Waals surface area (Å²) in [6.07, 6.45) is 0.961. The normalized spacial score (nSPS) is 11.5. The summed E-state index contributed by atoms with van der Waals surface area (Å²) in [6.45, 7) is 3.86. The molecular formula is C20H24N2O3S. The Morgan fingerprint density at radius 1 is 1.08 bits per heavy atom. The number of ether oxygens (including phenoxy) is 1. The van der Waals surface area contributed by atoms with Crippen molar-refractivity contribution in [2.24, 2.45) is 0 Å². The number of amides is 2. The van der Waals surface area contributed by atoms with Crippen LogP contribution in [0.2, 0.25) is 0 Å². The van der Waals surface area contributed by atoms with Gasteiger partial charge in [-0.05, 0) is 43.2 Å². The minimum atomic E-state index is -0.367. The predicted molar refractivity (Wildman–Crippen MR) is 108 cm³/mol. The molecule has 0 radical (unpaired) electrons. The van der Waals surface area contributed by atoms with E-state index in [2.05, 4.69) is 17.6 Å². The fourth-order valence-corrected chi connectivity index (χ4v) is 2.96. The maximum Gasteiger partial charge on any atom is 0.237 e. The molecular weight excluding hydrogens is 348 g/mol. The van der Waals surface area contributed by atoms with Crippen molar-refractivity contribution in [3.05, 3.63) is 54.1 Å². The zero-order chi connectivity index (χ0) is 18.9. The highest BCUT2D eigenvalue weighted by molar-refractivity contribution is 8.01. The largest absolute Gasteiger partial charge is 0.495 e. The molecule has 0 saturated heterocycles. The SMILES string of the molecule is CCc1ccc(NC(=O)CS[C@@H](C)C(=O)Nc2ccccc2OC)cc1. The van der Waals surface area contributed by atoms with Crippen LogP contribution < -0.4 is 15.4 Å². The van der Waals surface area contributed by atoms with Crippen molar-refractivity contribution >= 4 is 35.0 Å². The molecule has 26 heavy (non-hydrogen) atoms. The topological polar surface area (TPSA) is 67.4 Å². The smallest absolute Gasteiger partial charge is 0.237 e. The summed E-state index contributed by atoms with van der Waals surface area (Å²) >= 11 is 1.29. The van der Waals surface area contributed by atoms with Gasteiger partial charge in [0.1, 0.15) is 5.75 Å². The molecule has 0 heterocycles. The molecule has 138 valence electrons. The molecule has 0 aliphatic rings. The van der Waals surface area contributed by atoms with Gasteiger partial charge in [0.2, 0.25) is 11.8 Å². The van der Waals surface area contributed by atoms with E-state index < -0.39 is 0 Å². The van der Waals surface area contributed by atoms with Gasteiger partial charge in [0.25, 0.3) is 0 Å². The number of thioether (sulfide) groups is 1. The molecule has 2 rings (SSSR count). The quantitative estimate of drug-likeness (QED) is 0.736. The molecule has 2 amide bonds. The lowest BCUT2D eigenvalue weighted by Gasteiger charge is -2.14. The number of hydrogen-bond acceptors (Lipinski definition) is 4. The second-order valence-electron chi connectivity index (χ2n) is 5.74. The second-order valence-corrected chi connectivity index (χ2v) is 7.07. The Balaban J connectivity index is 1.81. The summed E-state index contributed by atoms with van der Waals surface area (Å²) in [4.78, 5) is 24.4. The van der Waals surface area contributed by atoms with Crippen molar-refractivity contribution in [2.75, 3.05) is 23.5 Å². The molecule has 6 heteroatoms. The molecule has 2 aromatic rings. The fourth-order valence-electron chi connectivity index (χ4n) is 2.28. The summed E-state index contributed by atoms with van der Waals surface area (Å²) < 4.78 is 5.22. The zero-order valence-electron chi connectivity index (χ0n) is 15.2. The van der Waals surface area contributed by atoms with Crippen molar-refractivity contribution in [1.82, 2.24) is 0 Å². The maximum absolute atomic E-state index is 12.3. The van der Waals surface area contributed by atoms with E-state index in [1.54, 1.807) is 26.2 Å². The molecule has 1 atom stereocenters. The Labute approximate surface area is 158 Å². The second kappa shape index (κ2) is 9.87. The highest BCUT2D eigenvalue weighted by Crippen LogP contribution is 2.24. The number of aryl methyl sites for hydroxylation is 1. The molecule has 0 fully saturated rings. The number of para-hydroxylation sites is 2. The van der Waals surface area contributed by atoms with Gasteiger partial charge in [-0.2, -0.15) is 0 Å². The van der Waals surface area contributed by atoms with E-state index in [1.807, 2.05) is 36.4 Å². The Morgan fingerprint density at radius 2 is 1.77 bits per heavy atom. The predicted octanol–water partition coefficient (Wildman–Crippen LogP) is 3.96. The molecule has 0 aliphatic heterocycles. The van der Waals surface area contributed by atoms with Crippen LogP contribution >= 0.6 is 11.8 Å². The number of methoxy groups -OCH3 is 1. The molecule has 0 unspecified atom stereocenters. The summed E-state index contributed by atoms with van der Waals surface area (Å²) in [7, 11) is 1.56. The average molecular weight is 372 g/mol. The van der Waals surface area contributed by atoms with E-state index >= 15 is 0 Å². The summed E-state index contributed by atoms with van der Waals surface area (Å²) in [6, 6.07) is 15.0. The van der Waals surface area contributed by atoms with Crippen LogP contribution in [-0.2, 0) is 16.0 Å². The first-order valence-electron chi connectivity index (χ1n) is 8.47. The summed E-state index contributed by atoms with van der Waals surface area (Å²) in [5, 5.41) is 5.31. The number of carbonyl (C=O) groups excluding carboxylic acids is 2. The van der Waals surface area contributed by atoms with Crippen LogP contribution in [-0.4, -0.2) is 29.9 Å². The lowest BCUT2D eigenvalue weighted by atomic mass is 10.1. The number of hydrogen-bond donors (Lipinski definition) is 2. The molecule has 0 bridgehead atoms. The van der Waals surface area contributed by atoms with E-state index in [0.29, 0.717) is 11.4 Å². The Morgan fingerprint density at radius 3 is 2.42 bits per heavy atom. The van der Waals surface area contributed by atoms with Crippen molar-refractivity contribution in [3.63, 3.8) is 0 Å². The fraction of sp³-hybridized carbons (Fsp3) is 0.300. The van der Waals surface area contributed by atoms with E-state index in [1.165, 1.54) is 17.3 Å². The summed E-state index contributed by atoms with van der Waals surface area (Å²) in [5.41, 5.74) is 2.60. The highest BCUT2D eigenvalue weighted by atomic mass is 32.2.